The Kier molecular flexibility index (Phi) is 9.60. The molecule has 0 aromatic heterocycles. The van der Waals surface area contributed by atoms with Gasteiger partial charge in [0.2, 0.25) is 11.8 Å². The molecule has 11 nitrogen and oxygen atoms in total. The fourth-order valence-corrected chi connectivity index (χ4v) is 2.21. The smallest absolute Gasteiger partial charge is 0.408 e. The molecule has 0 saturated carbocycles. The molecule has 0 fully saturated rings. The third kappa shape index (κ3) is 8.61. The Balaban J connectivity index is 5.35. The van der Waals surface area contributed by atoms with Gasteiger partial charge in [-0.3, -0.25) is 9.59 Å². The lowest BCUT2D eigenvalue weighted by Gasteiger charge is -2.30. The average Bonchev–Trinajstić information content (AvgIpc) is 2.54. The number of nitrogens with zero attached hydrogens (tertiary/aromatic N) is 3. The normalized spacial score (nSPS) is 16.7. The minimum Gasteiger partial charge on any atom is -0.444 e. The molecule has 0 aromatic carbocycles. The van der Waals surface area contributed by atoms with Crippen LogP contribution in [-0.4, -0.2) is 53.3 Å². The number of hydrogen-bond acceptors (Lipinski definition) is 6. The summed E-state index contributed by atoms with van der Waals surface area (Å²) in [5.41, 5.74) is 13.1. The Morgan fingerprint density at radius 1 is 1.22 bits per heavy atom. The van der Waals surface area contributed by atoms with Crippen LogP contribution in [0.5, 0.6) is 0 Å². The summed E-state index contributed by atoms with van der Waals surface area (Å²) in [5.74, 6) is -2.33. The van der Waals surface area contributed by atoms with Crippen molar-refractivity contribution in [3.8, 4) is 0 Å². The van der Waals surface area contributed by atoms with Crippen LogP contribution in [0.2, 0.25) is 0 Å². The fourth-order valence-electron chi connectivity index (χ4n) is 2.21. The monoisotopic (exact) mass is 386 g/mol. The molecule has 0 unspecified atom stereocenters. The first-order valence-corrected chi connectivity index (χ1v) is 8.58. The summed E-state index contributed by atoms with van der Waals surface area (Å²) in [4.78, 5) is 38.6. The maximum absolute atomic E-state index is 12.6. The van der Waals surface area contributed by atoms with E-state index >= 15 is 0 Å². The number of rotatable bonds is 9. The predicted octanol–water partition coefficient (Wildman–Crippen LogP) is 0.813. The standard InChI is InChI=1S/C16H30N6O5/c1-8(9(2)13(17)24)11(7-23)19-14(25)12(10(3)21-22-18)20-15(26)27-16(4,5)6/h8-12,23H,7H2,1-6H3,(H2,17,24)(H,19,25)(H,20,26)/t8-,9+,10+,11+,12-/m0/s1. The summed E-state index contributed by atoms with van der Waals surface area (Å²) >= 11 is 0. The van der Waals surface area contributed by atoms with Gasteiger partial charge in [-0.2, -0.15) is 0 Å². The maximum Gasteiger partial charge on any atom is 0.408 e. The van der Waals surface area contributed by atoms with E-state index in [-0.39, 0.29) is 0 Å². The van der Waals surface area contributed by atoms with Gasteiger partial charge in [-0.1, -0.05) is 25.9 Å². The van der Waals surface area contributed by atoms with Gasteiger partial charge in [-0.25, -0.2) is 4.79 Å². The van der Waals surface area contributed by atoms with Crippen molar-refractivity contribution in [1.82, 2.24) is 10.6 Å². The third-order valence-electron chi connectivity index (χ3n) is 4.07. The van der Waals surface area contributed by atoms with Gasteiger partial charge in [0.1, 0.15) is 11.6 Å². The minimum atomic E-state index is -1.24. The SMILES string of the molecule is C[C@H]([C@@H](CO)NC(=O)[C@@H](NC(=O)OC(C)(C)C)[C@@H](C)N=[N+]=[N-])[C@@H](C)C(N)=O. The van der Waals surface area contributed by atoms with Crippen LogP contribution in [0.4, 0.5) is 4.79 Å². The lowest BCUT2D eigenvalue weighted by molar-refractivity contribution is -0.127. The van der Waals surface area contributed by atoms with E-state index in [9.17, 15) is 19.5 Å². The molecule has 27 heavy (non-hydrogen) atoms. The zero-order valence-electron chi connectivity index (χ0n) is 16.6. The average molecular weight is 386 g/mol. The van der Waals surface area contributed by atoms with Crippen LogP contribution in [-0.2, 0) is 14.3 Å². The summed E-state index contributed by atoms with van der Waals surface area (Å²) in [6, 6.07) is -2.95. The van der Waals surface area contributed by atoms with E-state index in [4.69, 9.17) is 16.0 Å². The number of aliphatic hydroxyl groups excluding tert-OH is 1. The molecule has 0 aliphatic heterocycles. The van der Waals surface area contributed by atoms with Crippen LogP contribution in [0.25, 0.3) is 10.4 Å². The number of carbonyl (C=O) groups is 3. The first-order chi connectivity index (χ1) is 12.3. The number of alkyl carbamates (subject to hydrolysis) is 1. The second kappa shape index (κ2) is 10.6. The number of nitrogens with one attached hydrogen (secondary N) is 2. The molecular formula is C16H30N6O5. The van der Waals surface area contributed by atoms with Gasteiger partial charge in [0.15, 0.2) is 0 Å². The predicted molar refractivity (Wildman–Crippen MR) is 98.3 cm³/mol. The van der Waals surface area contributed by atoms with Crippen molar-refractivity contribution < 1.29 is 24.2 Å². The number of carbonyl (C=O) groups excluding carboxylic acids is 3. The Morgan fingerprint density at radius 2 is 1.78 bits per heavy atom. The quantitative estimate of drug-likeness (QED) is 0.259. The molecule has 0 aliphatic carbocycles. The van der Waals surface area contributed by atoms with Crippen LogP contribution >= 0.6 is 0 Å². The van der Waals surface area contributed by atoms with Crippen molar-refractivity contribution in [2.75, 3.05) is 6.61 Å². The number of amides is 3. The Bertz CT molecular complexity index is 584. The maximum atomic E-state index is 12.6. The second-order valence-corrected chi connectivity index (χ2v) is 7.42. The molecule has 0 radical (unpaired) electrons. The lowest BCUT2D eigenvalue weighted by Crippen LogP contribution is -2.57. The first kappa shape index (κ1) is 24.5. The number of ether oxygens (including phenoxy) is 1. The van der Waals surface area contributed by atoms with Crippen LogP contribution < -0.4 is 16.4 Å². The molecule has 154 valence electrons. The number of primary amides is 1. The van der Waals surface area contributed by atoms with Gasteiger partial charge in [0.05, 0.1) is 18.7 Å². The van der Waals surface area contributed by atoms with Crippen molar-refractivity contribution in [2.24, 2.45) is 22.7 Å². The van der Waals surface area contributed by atoms with Gasteiger partial charge < -0.3 is 26.2 Å². The van der Waals surface area contributed by atoms with Crippen molar-refractivity contribution in [3.05, 3.63) is 10.4 Å². The number of azide groups is 1. The van der Waals surface area contributed by atoms with Crippen LogP contribution in [0.15, 0.2) is 5.11 Å². The Labute approximate surface area is 158 Å². The van der Waals surface area contributed by atoms with Gasteiger partial charge in [0, 0.05) is 10.8 Å². The first-order valence-electron chi connectivity index (χ1n) is 8.58. The summed E-state index contributed by atoms with van der Waals surface area (Å²) in [7, 11) is 0. The van der Waals surface area contributed by atoms with E-state index < -0.39 is 60.1 Å². The molecule has 0 aromatic rings. The Hall–Kier alpha value is -2.52. The molecule has 0 rings (SSSR count). The van der Waals surface area contributed by atoms with Crippen molar-refractivity contribution >= 4 is 17.9 Å². The largest absolute Gasteiger partial charge is 0.444 e. The van der Waals surface area contributed by atoms with Gasteiger partial charge in [-0.15, -0.1) is 0 Å². The summed E-state index contributed by atoms with van der Waals surface area (Å²) in [5, 5.41) is 17.9. The molecule has 11 heteroatoms. The van der Waals surface area contributed by atoms with Crippen LogP contribution in [0.3, 0.4) is 0 Å². The fraction of sp³-hybridized carbons (Fsp3) is 0.812. The lowest BCUT2D eigenvalue weighted by atomic mass is 9.88. The zero-order valence-corrected chi connectivity index (χ0v) is 16.6. The highest BCUT2D eigenvalue weighted by molar-refractivity contribution is 5.86. The van der Waals surface area contributed by atoms with Crippen LogP contribution in [0, 0.1) is 11.8 Å². The van der Waals surface area contributed by atoms with Gasteiger partial charge in [-0.05, 0) is 32.2 Å². The molecular weight excluding hydrogens is 356 g/mol. The molecule has 0 spiro atoms. The summed E-state index contributed by atoms with van der Waals surface area (Å²) < 4.78 is 5.12. The molecule has 5 N–H and O–H groups in total. The highest BCUT2D eigenvalue weighted by Gasteiger charge is 2.33. The van der Waals surface area contributed by atoms with E-state index in [0.29, 0.717) is 0 Å². The minimum absolute atomic E-state index is 0.445. The van der Waals surface area contributed by atoms with Crippen LogP contribution in [0.1, 0.15) is 41.5 Å². The number of nitrogens with two attached hydrogens (primary N) is 1. The summed E-state index contributed by atoms with van der Waals surface area (Å²) in [6.07, 6.45) is -0.859. The zero-order chi connectivity index (χ0) is 21.4. The summed E-state index contributed by atoms with van der Waals surface area (Å²) in [6.45, 7) is 9.22. The van der Waals surface area contributed by atoms with Crippen molar-refractivity contribution in [2.45, 2.75) is 65.3 Å². The number of aliphatic hydroxyl groups is 1. The highest BCUT2D eigenvalue weighted by Crippen LogP contribution is 2.16. The highest BCUT2D eigenvalue weighted by atomic mass is 16.6. The number of hydrogen-bond donors (Lipinski definition) is 4. The second-order valence-electron chi connectivity index (χ2n) is 7.42. The van der Waals surface area contributed by atoms with E-state index in [0.717, 1.165) is 0 Å². The molecule has 5 atom stereocenters. The van der Waals surface area contributed by atoms with Crippen molar-refractivity contribution in [3.63, 3.8) is 0 Å². The molecule has 0 saturated heterocycles. The van der Waals surface area contributed by atoms with Gasteiger partial charge >= 0.3 is 6.09 Å². The molecule has 3 amide bonds. The van der Waals surface area contributed by atoms with Crippen molar-refractivity contribution in [1.29, 1.82) is 0 Å². The van der Waals surface area contributed by atoms with E-state index in [1.165, 1.54) is 6.92 Å². The van der Waals surface area contributed by atoms with E-state index in [1.54, 1.807) is 34.6 Å². The molecule has 0 heterocycles. The van der Waals surface area contributed by atoms with Gasteiger partial charge in [0.25, 0.3) is 0 Å². The Morgan fingerprint density at radius 3 is 2.19 bits per heavy atom. The van der Waals surface area contributed by atoms with E-state index in [1.807, 2.05) is 0 Å². The van der Waals surface area contributed by atoms with E-state index in [2.05, 4.69) is 20.7 Å². The molecule has 0 bridgehead atoms. The third-order valence-corrected chi connectivity index (χ3v) is 4.07. The topological polar surface area (TPSA) is 180 Å². The molecule has 0 aliphatic rings.